The number of unbranched alkanes of at least 4 members (excludes halogenated alkanes) is 3. The van der Waals surface area contributed by atoms with Crippen molar-refractivity contribution >= 4 is 41.5 Å². The van der Waals surface area contributed by atoms with Gasteiger partial charge in [-0.15, -0.1) is 24.0 Å². The van der Waals surface area contributed by atoms with Crippen molar-refractivity contribution < 1.29 is 4.52 Å². The molecule has 6 nitrogen and oxygen atoms in total. The van der Waals surface area contributed by atoms with Crippen LogP contribution in [0.4, 0.5) is 0 Å². The SMILES string of the molecule is CCCCCCNC(N)=NCc1nc(-c2ccc(Cl)cc2)no1.I. The van der Waals surface area contributed by atoms with Gasteiger partial charge in [0.05, 0.1) is 0 Å². The van der Waals surface area contributed by atoms with Gasteiger partial charge in [0.15, 0.2) is 5.96 Å². The molecule has 0 unspecified atom stereocenters. The summed E-state index contributed by atoms with van der Waals surface area (Å²) in [6, 6.07) is 7.25. The van der Waals surface area contributed by atoms with Crippen molar-refractivity contribution in [3.8, 4) is 11.4 Å². The molecule has 3 N–H and O–H groups in total. The van der Waals surface area contributed by atoms with Crippen LogP contribution in [-0.2, 0) is 6.54 Å². The molecule has 132 valence electrons. The lowest BCUT2D eigenvalue weighted by atomic mass is 10.2. The Bertz CT molecular complexity index is 630. The maximum absolute atomic E-state index is 5.86. The van der Waals surface area contributed by atoms with Gasteiger partial charge in [-0.2, -0.15) is 4.98 Å². The topological polar surface area (TPSA) is 89.3 Å². The molecular weight excluding hydrogens is 441 g/mol. The van der Waals surface area contributed by atoms with E-state index in [2.05, 4.69) is 27.4 Å². The first-order valence-corrected chi connectivity index (χ1v) is 8.19. The summed E-state index contributed by atoms with van der Waals surface area (Å²) in [7, 11) is 0. The maximum atomic E-state index is 5.86. The molecule has 1 aromatic heterocycles. The summed E-state index contributed by atoms with van der Waals surface area (Å²) in [5.41, 5.74) is 6.65. The largest absolute Gasteiger partial charge is 0.370 e. The molecule has 0 aliphatic rings. The first-order valence-electron chi connectivity index (χ1n) is 7.81. The van der Waals surface area contributed by atoms with Crippen molar-refractivity contribution in [1.29, 1.82) is 0 Å². The molecule has 2 rings (SSSR count). The third kappa shape index (κ3) is 7.04. The molecule has 0 aliphatic carbocycles. The number of benzene rings is 1. The fourth-order valence-corrected chi connectivity index (χ4v) is 2.14. The smallest absolute Gasteiger partial charge is 0.248 e. The third-order valence-electron chi connectivity index (χ3n) is 3.29. The molecule has 0 radical (unpaired) electrons. The third-order valence-corrected chi connectivity index (χ3v) is 3.54. The van der Waals surface area contributed by atoms with Crippen molar-refractivity contribution in [2.45, 2.75) is 39.2 Å². The van der Waals surface area contributed by atoms with E-state index in [0.717, 1.165) is 18.5 Å². The predicted octanol–water partition coefficient (Wildman–Crippen LogP) is 3.99. The molecule has 0 spiro atoms. The highest BCUT2D eigenvalue weighted by molar-refractivity contribution is 14.0. The van der Waals surface area contributed by atoms with Crippen LogP contribution in [-0.4, -0.2) is 22.6 Å². The van der Waals surface area contributed by atoms with Crippen LogP contribution in [0.1, 0.15) is 38.5 Å². The van der Waals surface area contributed by atoms with Gasteiger partial charge < -0.3 is 15.6 Å². The van der Waals surface area contributed by atoms with Crippen LogP contribution in [0.15, 0.2) is 33.8 Å². The highest BCUT2D eigenvalue weighted by Gasteiger charge is 2.08. The average molecular weight is 464 g/mol. The minimum absolute atomic E-state index is 0. The molecule has 0 aliphatic heterocycles. The van der Waals surface area contributed by atoms with E-state index in [1.54, 1.807) is 12.1 Å². The molecule has 0 fully saturated rings. The molecular formula is C16H23ClIN5O. The highest BCUT2D eigenvalue weighted by atomic mass is 127. The Kier molecular flexibility index (Phi) is 9.70. The van der Waals surface area contributed by atoms with E-state index < -0.39 is 0 Å². The Morgan fingerprint density at radius 2 is 2.00 bits per heavy atom. The summed E-state index contributed by atoms with van der Waals surface area (Å²) in [5, 5.41) is 7.68. The Labute approximate surface area is 164 Å². The molecule has 0 amide bonds. The van der Waals surface area contributed by atoms with E-state index in [-0.39, 0.29) is 30.5 Å². The summed E-state index contributed by atoms with van der Waals surface area (Å²) < 4.78 is 5.17. The molecule has 0 saturated carbocycles. The predicted molar refractivity (Wildman–Crippen MR) is 108 cm³/mol. The zero-order valence-corrected chi connectivity index (χ0v) is 16.8. The van der Waals surface area contributed by atoms with E-state index in [4.69, 9.17) is 21.9 Å². The van der Waals surface area contributed by atoms with Crippen LogP contribution in [0.25, 0.3) is 11.4 Å². The Balaban J connectivity index is 0.00000288. The fourth-order valence-electron chi connectivity index (χ4n) is 2.01. The number of hydrogen-bond acceptors (Lipinski definition) is 4. The number of hydrogen-bond donors (Lipinski definition) is 2. The normalized spacial score (nSPS) is 11.2. The number of nitrogens with one attached hydrogen (secondary N) is 1. The van der Waals surface area contributed by atoms with Gasteiger partial charge in [-0.05, 0) is 30.7 Å². The van der Waals surface area contributed by atoms with E-state index in [9.17, 15) is 0 Å². The first kappa shape index (κ1) is 20.7. The average Bonchev–Trinajstić information content (AvgIpc) is 3.02. The fraction of sp³-hybridized carbons (Fsp3) is 0.438. The molecule has 2 aromatic rings. The molecule has 1 aromatic carbocycles. The summed E-state index contributed by atoms with van der Waals surface area (Å²) in [4.78, 5) is 8.49. The lowest BCUT2D eigenvalue weighted by molar-refractivity contribution is 0.381. The zero-order valence-electron chi connectivity index (χ0n) is 13.7. The minimum Gasteiger partial charge on any atom is -0.370 e. The highest BCUT2D eigenvalue weighted by Crippen LogP contribution is 2.18. The quantitative estimate of drug-likeness (QED) is 0.267. The zero-order chi connectivity index (χ0) is 16.5. The maximum Gasteiger partial charge on any atom is 0.248 e. The lowest BCUT2D eigenvalue weighted by Gasteiger charge is -2.04. The second kappa shape index (κ2) is 11.2. The lowest BCUT2D eigenvalue weighted by Crippen LogP contribution is -2.32. The molecule has 0 atom stereocenters. The number of rotatable bonds is 8. The number of aliphatic imine (C=N–C) groups is 1. The van der Waals surface area contributed by atoms with Crippen LogP contribution in [0.5, 0.6) is 0 Å². The van der Waals surface area contributed by atoms with Gasteiger partial charge in [0, 0.05) is 17.1 Å². The van der Waals surface area contributed by atoms with E-state index >= 15 is 0 Å². The van der Waals surface area contributed by atoms with Gasteiger partial charge >= 0.3 is 0 Å². The number of aromatic nitrogens is 2. The van der Waals surface area contributed by atoms with E-state index in [1.807, 2.05) is 12.1 Å². The van der Waals surface area contributed by atoms with E-state index in [1.165, 1.54) is 19.3 Å². The van der Waals surface area contributed by atoms with Crippen LogP contribution < -0.4 is 11.1 Å². The molecule has 0 bridgehead atoms. The Morgan fingerprint density at radius 1 is 1.25 bits per heavy atom. The van der Waals surface area contributed by atoms with Gasteiger partial charge in [-0.25, -0.2) is 4.99 Å². The van der Waals surface area contributed by atoms with Crippen molar-refractivity contribution in [3.05, 3.63) is 35.2 Å². The Morgan fingerprint density at radius 3 is 2.71 bits per heavy atom. The van der Waals surface area contributed by atoms with Gasteiger partial charge in [0.2, 0.25) is 11.7 Å². The minimum atomic E-state index is 0. The number of halogens is 2. The van der Waals surface area contributed by atoms with Crippen LogP contribution in [0.2, 0.25) is 5.02 Å². The van der Waals surface area contributed by atoms with Crippen molar-refractivity contribution in [2.75, 3.05) is 6.54 Å². The molecule has 1 heterocycles. The summed E-state index contributed by atoms with van der Waals surface area (Å²) in [5.74, 6) is 1.33. The second-order valence-corrected chi connectivity index (χ2v) is 5.64. The molecule has 0 saturated heterocycles. The van der Waals surface area contributed by atoms with Crippen LogP contribution in [0, 0.1) is 0 Å². The molecule has 24 heavy (non-hydrogen) atoms. The Hall–Kier alpha value is -1.35. The van der Waals surface area contributed by atoms with Crippen LogP contribution >= 0.6 is 35.6 Å². The van der Waals surface area contributed by atoms with Gasteiger partial charge in [-0.3, -0.25) is 0 Å². The number of nitrogens with zero attached hydrogens (tertiary/aromatic N) is 3. The van der Waals surface area contributed by atoms with Gasteiger partial charge in [-0.1, -0.05) is 42.9 Å². The monoisotopic (exact) mass is 463 g/mol. The summed E-state index contributed by atoms with van der Waals surface area (Å²) in [6.07, 6.45) is 4.75. The van der Waals surface area contributed by atoms with Crippen molar-refractivity contribution in [3.63, 3.8) is 0 Å². The summed E-state index contributed by atoms with van der Waals surface area (Å²) >= 11 is 5.86. The summed E-state index contributed by atoms with van der Waals surface area (Å²) in [6.45, 7) is 3.27. The number of guanidine groups is 1. The van der Waals surface area contributed by atoms with E-state index in [0.29, 0.717) is 22.7 Å². The first-order chi connectivity index (χ1) is 11.2. The standard InChI is InChI=1S/C16H22ClN5O.HI/c1-2-3-4-5-10-19-16(18)20-11-14-21-15(22-23-14)12-6-8-13(17)9-7-12;/h6-9H,2-5,10-11H2,1H3,(H3,18,19,20);1H. The van der Waals surface area contributed by atoms with Crippen molar-refractivity contribution in [1.82, 2.24) is 15.5 Å². The second-order valence-electron chi connectivity index (χ2n) is 5.21. The van der Waals surface area contributed by atoms with Crippen LogP contribution in [0.3, 0.4) is 0 Å². The molecule has 8 heteroatoms. The van der Waals surface area contributed by atoms with Gasteiger partial charge in [0.25, 0.3) is 0 Å². The number of nitrogens with two attached hydrogens (primary N) is 1. The van der Waals surface area contributed by atoms with Gasteiger partial charge in [0.1, 0.15) is 6.54 Å². The van der Waals surface area contributed by atoms with Crippen molar-refractivity contribution in [2.24, 2.45) is 10.7 Å².